The number of rotatable bonds is 6. The highest BCUT2D eigenvalue weighted by atomic mass is 32.2. The molecule has 3 rings (SSSR count). The minimum Gasteiger partial charge on any atom is -0.353 e. The van der Waals surface area contributed by atoms with Gasteiger partial charge in [-0.05, 0) is 55.9 Å². The number of carbonyl (C=O) groups excluding carboxylic acids is 1. The lowest BCUT2D eigenvalue weighted by Crippen LogP contribution is -2.38. The van der Waals surface area contributed by atoms with Crippen LogP contribution >= 0.6 is 11.8 Å². The quantitative estimate of drug-likeness (QED) is 0.776. The molecule has 1 aliphatic carbocycles. The molecular formula is C19H21F2N3OS. The molecule has 1 aliphatic rings. The molecule has 1 aromatic heterocycles. The molecular weight excluding hydrogens is 356 g/mol. The zero-order valence-corrected chi connectivity index (χ0v) is 15.1. The Labute approximate surface area is 155 Å². The van der Waals surface area contributed by atoms with Gasteiger partial charge in [0.05, 0.1) is 0 Å². The van der Waals surface area contributed by atoms with Gasteiger partial charge in [0.15, 0.2) is 16.8 Å². The van der Waals surface area contributed by atoms with E-state index in [0.29, 0.717) is 17.2 Å². The van der Waals surface area contributed by atoms with Crippen molar-refractivity contribution in [2.45, 2.75) is 55.0 Å². The highest BCUT2D eigenvalue weighted by Gasteiger charge is 2.23. The molecule has 0 atom stereocenters. The maximum atomic E-state index is 13.2. The molecule has 1 heterocycles. The third-order valence-corrected chi connectivity index (χ3v) is 5.70. The smallest absolute Gasteiger partial charge is 0.220 e. The van der Waals surface area contributed by atoms with Crippen molar-refractivity contribution in [1.29, 1.82) is 0 Å². The lowest BCUT2D eigenvalue weighted by molar-refractivity contribution is -0.121. The van der Waals surface area contributed by atoms with Crippen molar-refractivity contribution in [2.24, 2.45) is 0 Å². The van der Waals surface area contributed by atoms with E-state index in [4.69, 9.17) is 0 Å². The third-order valence-electron chi connectivity index (χ3n) is 4.48. The molecule has 4 nitrogen and oxygen atoms in total. The van der Waals surface area contributed by atoms with Crippen LogP contribution in [0.2, 0.25) is 0 Å². The summed E-state index contributed by atoms with van der Waals surface area (Å²) in [6.07, 6.45) is 8.05. The van der Waals surface area contributed by atoms with Crippen molar-refractivity contribution in [3.8, 4) is 0 Å². The molecule has 0 radical (unpaired) electrons. The van der Waals surface area contributed by atoms with E-state index in [2.05, 4.69) is 15.3 Å². The average molecular weight is 377 g/mol. The summed E-state index contributed by atoms with van der Waals surface area (Å²) >= 11 is 1.69. The van der Waals surface area contributed by atoms with Crippen LogP contribution in [-0.2, 0) is 11.2 Å². The molecule has 1 N–H and O–H groups in total. The molecule has 0 saturated heterocycles. The van der Waals surface area contributed by atoms with Crippen molar-refractivity contribution in [2.75, 3.05) is 0 Å². The monoisotopic (exact) mass is 377 g/mol. The topological polar surface area (TPSA) is 54.9 Å². The van der Waals surface area contributed by atoms with Crippen LogP contribution in [0.5, 0.6) is 0 Å². The molecule has 1 aromatic carbocycles. The number of benzene rings is 1. The van der Waals surface area contributed by atoms with E-state index in [1.807, 2.05) is 0 Å². The fraction of sp³-hybridized carbons (Fsp3) is 0.421. The fourth-order valence-corrected chi connectivity index (χ4v) is 4.12. The molecule has 26 heavy (non-hydrogen) atoms. The number of hydrogen-bond acceptors (Lipinski definition) is 4. The van der Waals surface area contributed by atoms with Crippen molar-refractivity contribution in [3.63, 3.8) is 0 Å². The van der Waals surface area contributed by atoms with Crippen LogP contribution in [0.4, 0.5) is 8.78 Å². The first-order chi connectivity index (χ1) is 12.6. The van der Waals surface area contributed by atoms with Crippen molar-refractivity contribution < 1.29 is 13.6 Å². The van der Waals surface area contributed by atoms with E-state index in [9.17, 15) is 13.6 Å². The van der Waals surface area contributed by atoms with Gasteiger partial charge in [0.1, 0.15) is 0 Å². The van der Waals surface area contributed by atoms with Gasteiger partial charge in [-0.1, -0.05) is 17.8 Å². The van der Waals surface area contributed by atoms with Crippen LogP contribution in [-0.4, -0.2) is 27.2 Å². The molecule has 138 valence electrons. The largest absolute Gasteiger partial charge is 0.353 e. The van der Waals surface area contributed by atoms with Crippen molar-refractivity contribution in [1.82, 2.24) is 15.3 Å². The lowest BCUT2D eigenvalue weighted by Gasteiger charge is -2.28. The summed E-state index contributed by atoms with van der Waals surface area (Å²) in [6.45, 7) is 0. The van der Waals surface area contributed by atoms with Crippen LogP contribution in [0.3, 0.4) is 0 Å². The zero-order valence-electron chi connectivity index (χ0n) is 14.3. The van der Waals surface area contributed by atoms with Gasteiger partial charge >= 0.3 is 0 Å². The van der Waals surface area contributed by atoms with E-state index in [0.717, 1.165) is 43.0 Å². The molecule has 0 aliphatic heterocycles. The second-order valence-electron chi connectivity index (χ2n) is 6.44. The summed E-state index contributed by atoms with van der Waals surface area (Å²) in [4.78, 5) is 20.6. The summed E-state index contributed by atoms with van der Waals surface area (Å²) in [5.41, 5.74) is 0.627. The van der Waals surface area contributed by atoms with Crippen molar-refractivity contribution in [3.05, 3.63) is 53.9 Å². The number of amides is 1. The van der Waals surface area contributed by atoms with Gasteiger partial charge in [-0.2, -0.15) is 0 Å². The SMILES string of the molecule is O=C(CCc1ccc(F)c(F)c1)NC1CCC(Sc2ncccn2)CC1. The second-order valence-corrected chi connectivity index (χ2v) is 7.71. The van der Waals surface area contributed by atoms with Gasteiger partial charge in [-0.15, -0.1) is 0 Å². The Kier molecular flexibility index (Phi) is 6.55. The minimum absolute atomic E-state index is 0.0442. The predicted octanol–water partition coefficient (Wildman–Crippen LogP) is 3.91. The average Bonchev–Trinajstić information content (AvgIpc) is 2.65. The Bertz CT molecular complexity index is 737. The number of hydrogen-bond donors (Lipinski definition) is 1. The number of thioether (sulfide) groups is 1. The summed E-state index contributed by atoms with van der Waals surface area (Å²) in [5.74, 6) is -1.79. The Balaban J connectivity index is 1.38. The van der Waals surface area contributed by atoms with Crippen LogP contribution in [0.25, 0.3) is 0 Å². The molecule has 7 heteroatoms. The first-order valence-electron chi connectivity index (χ1n) is 8.77. The highest BCUT2D eigenvalue weighted by molar-refractivity contribution is 7.99. The van der Waals surface area contributed by atoms with Gasteiger partial charge in [-0.3, -0.25) is 4.79 Å². The molecule has 0 unspecified atom stereocenters. The Morgan fingerprint density at radius 1 is 1.12 bits per heavy atom. The van der Waals surface area contributed by atoms with Crippen LogP contribution in [0.15, 0.2) is 41.8 Å². The maximum absolute atomic E-state index is 13.2. The second kappa shape index (κ2) is 9.07. The van der Waals surface area contributed by atoms with Crippen LogP contribution in [0, 0.1) is 11.6 Å². The fourth-order valence-electron chi connectivity index (χ4n) is 3.07. The van der Waals surface area contributed by atoms with E-state index < -0.39 is 11.6 Å². The maximum Gasteiger partial charge on any atom is 0.220 e. The first kappa shape index (κ1) is 18.8. The van der Waals surface area contributed by atoms with Gasteiger partial charge in [0, 0.05) is 30.1 Å². The number of nitrogens with zero attached hydrogens (tertiary/aromatic N) is 2. The first-order valence-corrected chi connectivity index (χ1v) is 9.65. The van der Waals surface area contributed by atoms with Crippen LogP contribution < -0.4 is 5.32 Å². The Hall–Kier alpha value is -2.02. The number of nitrogens with one attached hydrogen (secondary N) is 1. The van der Waals surface area contributed by atoms with Gasteiger partial charge < -0.3 is 5.32 Å². The van der Waals surface area contributed by atoms with Crippen molar-refractivity contribution >= 4 is 17.7 Å². The number of carbonyl (C=O) groups is 1. The van der Waals surface area contributed by atoms with E-state index in [-0.39, 0.29) is 18.4 Å². The summed E-state index contributed by atoms with van der Waals surface area (Å²) in [7, 11) is 0. The Morgan fingerprint density at radius 2 is 1.85 bits per heavy atom. The normalized spacial score (nSPS) is 19.9. The van der Waals surface area contributed by atoms with E-state index >= 15 is 0 Å². The molecule has 2 aromatic rings. The van der Waals surface area contributed by atoms with Crippen LogP contribution in [0.1, 0.15) is 37.7 Å². The lowest BCUT2D eigenvalue weighted by atomic mass is 9.95. The molecule has 0 spiro atoms. The van der Waals surface area contributed by atoms with Gasteiger partial charge in [0.25, 0.3) is 0 Å². The third kappa shape index (κ3) is 5.49. The van der Waals surface area contributed by atoms with E-state index in [1.165, 1.54) is 6.07 Å². The Morgan fingerprint density at radius 3 is 2.54 bits per heavy atom. The molecule has 1 amide bonds. The summed E-state index contributed by atoms with van der Waals surface area (Å²) < 4.78 is 26.1. The van der Waals surface area contributed by atoms with Gasteiger partial charge in [-0.25, -0.2) is 18.7 Å². The number of aromatic nitrogens is 2. The zero-order chi connectivity index (χ0) is 18.4. The summed E-state index contributed by atoms with van der Waals surface area (Å²) in [6, 6.07) is 5.74. The molecule has 1 fully saturated rings. The highest BCUT2D eigenvalue weighted by Crippen LogP contribution is 2.31. The molecule has 0 bridgehead atoms. The molecule has 1 saturated carbocycles. The number of halogens is 2. The summed E-state index contributed by atoms with van der Waals surface area (Å²) in [5, 5.41) is 4.33. The minimum atomic E-state index is -0.874. The van der Waals surface area contributed by atoms with E-state index in [1.54, 1.807) is 30.2 Å². The predicted molar refractivity (Wildman–Crippen MR) is 96.8 cm³/mol. The van der Waals surface area contributed by atoms with Gasteiger partial charge in [0.2, 0.25) is 5.91 Å². The standard InChI is InChI=1S/C19H21F2N3OS/c20-16-8-2-13(12-17(16)21)3-9-18(25)24-14-4-6-15(7-5-14)26-19-22-10-1-11-23-19/h1-2,8,10-12,14-15H,3-7,9H2,(H,24,25). The number of aryl methyl sites for hydroxylation is 1.